The molecule has 5 heteroatoms. The van der Waals surface area contributed by atoms with E-state index in [9.17, 15) is 4.79 Å². The van der Waals surface area contributed by atoms with Gasteiger partial charge in [0.2, 0.25) is 5.91 Å². The number of amides is 1. The van der Waals surface area contributed by atoms with Crippen molar-refractivity contribution in [1.29, 1.82) is 0 Å². The molecule has 0 radical (unpaired) electrons. The van der Waals surface area contributed by atoms with E-state index in [1.807, 2.05) is 42.6 Å². The monoisotopic (exact) mass is 442 g/mol. The second-order valence-electron chi connectivity index (χ2n) is 8.93. The van der Waals surface area contributed by atoms with Crippen LogP contribution in [0.25, 0.3) is 0 Å². The molecule has 2 N–H and O–H groups in total. The molecule has 33 heavy (non-hydrogen) atoms. The van der Waals surface area contributed by atoms with Crippen molar-refractivity contribution < 1.29 is 4.79 Å². The van der Waals surface area contributed by atoms with Crippen molar-refractivity contribution in [2.24, 2.45) is 0 Å². The highest BCUT2D eigenvalue weighted by atomic mass is 16.1. The molecular weight excluding hydrogens is 408 g/mol. The van der Waals surface area contributed by atoms with Crippen LogP contribution in [0.3, 0.4) is 0 Å². The quantitative estimate of drug-likeness (QED) is 0.498. The minimum absolute atomic E-state index is 0.0540. The van der Waals surface area contributed by atoms with Gasteiger partial charge in [-0.1, -0.05) is 36.4 Å². The minimum Gasteiger partial charge on any atom is -0.371 e. The molecule has 2 aromatic carbocycles. The summed E-state index contributed by atoms with van der Waals surface area (Å²) in [4.78, 5) is 19.2. The van der Waals surface area contributed by atoms with Crippen LogP contribution in [0, 0.1) is 0 Å². The van der Waals surface area contributed by atoms with Crippen LogP contribution in [0.1, 0.15) is 37.4 Å². The molecule has 0 aliphatic carbocycles. The van der Waals surface area contributed by atoms with Crippen LogP contribution in [-0.4, -0.2) is 36.1 Å². The largest absolute Gasteiger partial charge is 0.371 e. The number of piperidine rings is 1. The van der Waals surface area contributed by atoms with Crippen LogP contribution in [-0.2, 0) is 17.6 Å². The molecule has 0 spiro atoms. The zero-order chi connectivity index (χ0) is 22.9. The Morgan fingerprint density at radius 3 is 2.42 bits per heavy atom. The maximum Gasteiger partial charge on any atom is 0.224 e. The Balaban J connectivity index is 1.19. The third kappa shape index (κ3) is 7.16. The van der Waals surface area contributed by atoms with Gasteiger partial charge in [-0.05, 0) is 68.1 Å². The number of nitrogens with zero attached hydrogens (tertiary/aromatic N) is 2. The first-order valence-corrected chi connectivity index (χ1v) is 12.0. The molecule has 1 fully saturated rings. The molecule has 1 atom stereocenters. The summed E-state index contributed by atoms with van der Waals surface area (Å²) >= 11 is 0. The number of carbonyl (C=O) groups is 1. The summed E-state index contributed by atoms with van der Waals surface area (Å²) in [6.07, 6.45) is 6.33. The molecule has 5 nitrogen and oxygen atoms in total. The molecule has 0 saturated carbocycles. The number of nitrogens with one attached hydrogen (secondary N) is 2. The number of rotatable bonds is 9. The van der Waals surface area contributed by atoms with E-state index >= 15 is 0 Å². The third-order valence-electron chi connectivity index (χ3n) is 6.26. The molecule has 3 aromatic rings. The molecule has 1 aliphatic rings. The predicted octanol–water partition coefficient (Wildman–Crippen LogP) is 4.84. The van der Waals surface area contributed by atoms with Gasteiger partial charge in [0.1, 0.15) is 0 Å². The first-order valence-electron chi connectivity index (χ1n) is 12.0. The molecule has 172 valence electrons. The van der Waals surface area contributed by atoms with Gasteiger partial charge in [-0.25, -0.2) is 0 Å². The van der Waals surface area contributed by atoms with Gasteiger partial charge in [-0.15, -0.1) is 0 Å². The molecular formula is C28H34N4O. The second-order valence-corrected chi connectivity index (χ2v) is 8.93. The van der Waals surface area contributed by atoms with Gasteiger partial charge >= 0.3 is 0 Å². The van der Waals surface area contributed by atoms with Crippen molar-refractivity contribution in [3.63, 3.8) is 0 Å². The average Bonchev–Trinajstić information content (AvgIpc) is 2.85. The van der Waals surface area contributed by atoms with Crippen molar-refractivity contribution in [1.82, 2.24) is 10.3 Å². The van der Waals surface area contributed by atoms with E-state index < -0.39 is 0 Å². The number of hydrogen-bond acceptors (Lipinski definition) is 4. The maximum absolute atomic E-state index is 12.3. The SMILES string of the molecule is CC(Cc1ccccn1)NC1CCN(c2ccc(NC(=O)CCc3ccccc3)cc2)CC1. The highest BCUT2D eigenvalue weighted by Crippen LogP contribution is 2.22. The van der Waals surface area contributed by atoms with E-state index in [0.29, 0.717) is 18.5 Å². The highest BCUT2D eigenvalue weighted by molar-refractivity contribution is 5.91. The molecule has 1 saturated heterocycles. The van der Waals surface area contributed by atoms with Gasteiger partial charge in [0.15, 0.2) is 0 Å². The molecule has 1 unspecified atom stereocenters. The second kappa shape index (κ2) is 11.6. The number of benzene rings is 2. The lowest BCUT2D eigenvalue weighted by Gasteiger charge is -2.35. The molecule has 2 heterocycles. The number of hydrogen-bond donors (Lipinski definition) is 2. The van der Waals surface area contributed by atoms with E-state index in [1.165, 1.54) is 11.3 Å². The fraction of sp³-hybridized carbons (Fsp3) is 0.357. The zero-order valence-electron chi connectivity index (χ0n) is 19.4. The zero-order valence-corrected chi connectivity index (χ0v) is 19.4. The molecule has 1 amide bonds. The lowest BCUT2D eigenvalue weighted by atomic mass is 10.0. The first kappa shape index (κ1) is 23.0. The van der Waals surface area contributed by atoms with Crippen LogP contribution < -0.4 is 15.5 Å². The normalized spacial score (nSPS) is 15.2. The fourth-order valence-corrected chi connectivity index (χ4v) is 4.48. The average molecular weight is 443 g/mol. The number of aryl methyl sites for hydroxylation is 1. The Hall–Kier alpha value is -3.18. The Kier molecular flexibility index (Phi) is 8.09. The minimum atomic E-state index is 0.0540. The van der Waals surface area contributed by atoms with E-state index in [0.717, 1.165) is 50.2 Å². The number of anilines is 2. The summed E-state index contributed by atoms with van der Waals surface area (Å²) in [6, 6.07) is 25.4. The van der Waals surface area contributed by atoms with Crippen molar-refractivity contribution >= 4 is 17.3 Å². The predicted molar refractivity (Wildman–Crippen MR) is 136 cm³/mol. The topological polar surface area (TPSA) is 57.3 Å². The van der Waals surface area contributed by atoms with Crippen LogP contribution in [0.4, 0.5) is 11.4 Å². The Bertz CT molecular complexity index is 983. The van der Waals surface area contributed by atoms with Gasteiger partial charge in [-0.2, -0.15) is 0 Å². The Morgan fingerprint density at radius 1 is 1.00 bits per heavy atom. The maximum atomic E-state index is 12.3. The van der Waals surface area contributed by atoms with Gasteiger partial charge < -0.3 is 15.5 Å². The highest BCUT2D eigenvalue weighted by Gasteiger charge is 2.21. The van der Waals surface area contributed by atoms with Crippen molar-refractivity contribution in [2.45, 2.75) is 51.1 Å². The molecule has 1 aliphatic heterocycles. The fourth-order valence-electron chi connectivity index (χ4n) is 4.48. The first-order chi connectivity index (χ1) is 16.2. The summed E-state index contributed by atoms with van der Waals surface area (Å²) in [5.41, 5.74) is 4.41. The molecule has 1 aromatic heterocycles. The van der Waals surface area contributed by atoms with E-state index in [4.69, 9.17) is 0 Å². The molecule has 4 rings (SSSR count). The smallest absolute Gasteiger partial charge is 0.224 e. The van der Waals surface area contributed by atoms with Crippen molar-refractivity contribution in [2.75, 3.05) is 23.3 Å². The standard InChI is InChI=1S/C28H34N4O/c1-22(21-26-9-5-6-18-29-26)30-25-16-19-32(20-17-25)27-13-11-24(12-14-27)31-28(33)15-10-23-7-3-2-4-8-23/h2-9,11-14,18,22,25,30H,10,15-17,19-21H2,1H3,(H,31,33). The summed E-state index contributed by atoms with van der Waals surface area (Å²) in [6.45, 7) is 4.32. The van der Waals surface area contributed by atoms with Crippen LogP contribution >= 0.6 is 0 Å². The van der Waals surface area contributed by atoms with Crippen LogP contribution in [0.5, 0.6) is 0 Å². The summed E-state index contributed by atoms with van der Waals surface area (Å²) in [7, 11) is 0. The summed E-state index contributed by atoms with van der Waals surface area (Å²) in [5.74, 6) is 0.0540. The number of carbonyl (C=O) groups excluding carboxylic acids is 1. The van der Waals surface area contributed by atoms with E-state index in [1.54, 1.807) is 0 Å². The third-order valence-corrected chi connectivity index (χ3v) is 6.26. The van der Waals surface area contributed by atoms with Crippen LogP contribution in [0.15, 0.2) is 79.0 Å². The number of pyridine rings is 1. The van der Waals surface area contributed by atoms with Gasteiger partial charge in [-0.3, -0.25) is 9.78 Å². The van der Waals surface area contributed by atoms with E-state index in [2.05, 4.69) is 63.8 Å². The lowest BCUT2D eigenvalue weighted by molar-refractivity contribution is -0.116. The Morgan fingerprint density at radius 2 is 1.73 bits per heavy atom. The van der Waals surface area contributed by atoms with Gasteiger partial charge in [0.05, 0.1) is 0 Å². The van der Waals surface area contributed by atoms with E-state index in [-0.39, 0.29) is 5.91 Å². The lowest BCUT2D eigenvalue weighted by Crippen LogP contribution is -2.46. The van der Waals surface area contributed by atoms with Gasteiger partial charge in [0, 0.05) is 61.3 Å². The Labute approximate surface area is 197 Å². The summed E-state index contributed by atoms with van der Waals surface area (Å²) < 4.78 is 0. The van der Waals surface area contributed by atoms with Gasteiger partial charge in [0.25, 0.3) is 0 Å². The summed E-state index contributed by atoms with van der Waals surface area (Å²) in [5, 5.41) is 6.80. The van der Waals surface area contributed by atoms with Crippen molar-refractivity contribution in [3.8, 4) is 0 Å². The molecule has 0 bridgehead atoms. The van der Waals surface area contributed by atoms with Crippen molar-refractivity contribution in [3.05, 3.63) is 90.3 Å². The number of aromatic nitrogens is 1. The van der Waals surface area contributed by atoms with Crippen LogP contribution in [0.2, 0.25) is 0 Å².